The quantitative estimate of drug-likeness (QED) is 0.171. The highest BCUT2D eigenvalue weighted by molar-refractivity contribution is 5.88. The Bertz CT molecular complexity index is 1390. The van der Waals surface area contributed by atoms with E-state index in [0.29, 0.717) is 33.2 Å². The SMILES string of the molecule is C=CCOc1ccc(-c2ccc3c(F)c(CCc4cc(F)c(OC(F)F)c(F)c4)ccc3c2)c(F)c1. The van der Waals surface area contributed by atoms with Crippen molar-refractivity contribution in [2.75, 3.05) is 6.61 Å². The average molecular weight is 502 g/mol. The van der Waals surface area contributed by atoms with Gasteiger partial charge in [-0.3, -0.25) is 0 Å². The molecule has 0 aliphatic carbocycles. The van der Waals surface area contributed by atoms with Gasteiger partial charge in [-0.05, 0) is 65.3 Å². The molecule has 4 aromatic carbocycles. The van der Waals surface area contributed by atoms with Gasteiger partial charge in [-0.2, -0.15) is 8.78 Å². The van der Waals surface area contributed by atoms with Gasteiger partial charge < -0.3 is 9.47 Å². The highest BCUT2D eigenvalue weighted by Crippen LogP contribution is 2.31. The standard InChI is InChI=1S/C28H20F6O2/c1-2-11-35-20-8-10-21(23(29)15-20)18-7-9-22-19(14-18)6-5-17(26(22)32)4-3-16-12-24(30)27(25(31)13-16)36-28(33)34/h2,5-10,12-15,28H,1,3-4,11H2. The van der Waals surface area contributed by atoms with Gasteiger partial charge >= 0.3 is 6.61 Å². The molecular weight excluding hydrogens is 482 g/mol. The van der Waals surface area contributed by atoms with E-state index >= 15 is 4.39 Å². The van der Waals surface area contributed by atoms with Crippen LogP contribution >= 0.6 is 0 Å². The molecule has 0 fully saturated rings. The Labute approximate surface area is 203 Å². The van der Waals surface area contributed by atoms with Gasteiger partial charge in [0.15, 0.2) is 17.4 Å². The third kappa shape index (κ3) is 5.48. The number of hydrogen-bond donors (Lipinski definition) is 0. The van der Waals surface area contributed by atoms with Crippen LogP contribution < -0.4 is 9.47 Å². The van der Waals surface area contributed by atoms with E-state index < -0.39 is 35.6 Å². The van der Waals surface area contributed by atoms with Crippen LogP contribution in [0.4, 0.5) is 26.3 Å². The van der Waals surface area contributed by atoms with Gasteiger partial charge in [0.05, 0.1) is 0 Å². The smallest absolute Gasteiger partial charge is 0.387 e. The summed E-state index contributed by atoms with van der Waals surface area (Å²) >= 11 is 0. The summed E-state index contributed by atoms with van der Waals surface area (Å²) in [7, 11) is 0. The third-order valence-corrected chi connectivity index (χ3v) is 5.60. The molecule has 0 unspecified atom stereocenters. The number of fused-ring (bicyclic) bond motifs is 1. The Morgan fingerprint density at radius 3 is 2.22 bits per heavy atom. The molecule has 0 spiro atoms. The number of halogens is 6. The molecule has 0 atom stereocenters. The van der Waals surface area contributed by atoms with Gasteiger partial charge in [-0.1, -0.05) is 36.9 Å². The molecule has 0 radical (unpaired) electrons. The zero-order valence-corrected chi connectivity index (χ0v) is 18.8. The van der Waals surface area contributed by atoms with Crippen molar-refractivity contribution in [3.05, 3.63) is 108 Å². The van der Waals surface area contributed by atoms with Crippen LogP contribution in [0, 0.1) is 23.3 Å². The molecule has 0 bridgehead atoms. The van der Waals surface area contributed by atoms with Gasteiger partial charge in [-0.15, -0.1) is 0 Å². The van der Waals surface area contributed by atoms with Crippen molar-refractivity contribution in [3.63, 3.8) is 0 Å². The minimum absolute atomic E-state index is 0.0643. The summed E-state index contributed by atoms with van der Waals surface area (Å²) in [5, 5.41) is 0.853. The Morgan fingerprint density at radius 1 is 0.806 bits per heavy atom. The van der Waals surface area contributed by atoms with Crippen molar-refractivity contribution in [2.45, 2.75) is 19.5 Å². The van der Waals surface area contributed by atoms with Crippen molar-refractivity contribution < 1.29 is 35.8 Å². The van der Waals surface area contributed by atoms with Gasteiger partial charge in [0.2, 0.25) is 0 Å². The second-order valence-electron chi connectivity index (χ2n) is 7.98. The molecule has 8 heteroatoms. The molecule has 0 saturated carbocycles. The lowest BCUT2D eigenvalue weighted by atomic mass is 9.97. The maximum atomic E-state index is 15.2. The number of hydrogen-bond acceptors (Lipinski definition) is 2. The normalized spacial score (nSPS) is 11.2. The van der Waals surface area contributed by atoms with E-state index in [0.717, 1.165) is 12.1 Å². The number of ether oxygens (including phenoxy) is 2. The van der Waals surface area contributed by atoms with Crippen LogP contribution in [0.1, 0.15) is 11.1 Å². The largest absolute Gasteiger partial charge is 0.489 e. The van der Waals surface area contributed by atoms with Crippen LogP contribution in [0.2, 0.25) is 0 Å². The fraction of sp³-hybridized carbons (Fsp3) is 0.143. The van der Waals surface area contributed by atoms with Gasteiger partial charge in [0.25, 0.3) is 0 Å². The number of rotatable bonds is 9. The molecule has 0 saturated heterocycles. The predicted octanol–water partition coefficient (Wildman–Crippen LogP) is 8.01. The minimum Gasteiger partial charge on any atom is -0.489 e. The Balaban J connectivity index is 1.54. The maximum Gasteiger partial charge on any atom is 0.387 e. The lowest BCUT2D eigenvalue weighted by Crippen LogP contribution is -2.06. The maximum absolute atomic E-state index is 15.2. The van der Waals surface area contributed by atoms with E-state index in [1.165, 1.54) is 6.07 Å². The van der Waals surface area contributed by atoms with Crippen molar-refractivity contribution in [2.24, 2.45) is 0 Å². The van der Waals surface area contributed by atoms with E-state index in [9.17, 15) is 22.0 Å². The van der Waals surface area contributed by atoms with Gasteiger partial charge in [0, 0.05) is 17.0 Å². The zero-order chi connectivity index (χ0) is 25.8. The van der Waals surface area contributed by atoms with Gasteiger partial charge in [-0.25, -0.2) is 17.6 Å². The molecule has 4 rings (SSSR count). The highest BCUT2D eigenvalue weighted by Gasteiger charge is 2.17. The van der Waals surface area contributed by atoms with E-state index in [-0.39, 0.29) is 25.0 Å². The molecule has 36 heavy (non-hydrogen) atoms. The number of aryl methyl sites for hydroxylation is 2. The van der Waals surface area contributed by atoms with Crippen LogP contribution in [-0.4, -0.2) is 13.2 Å². The van der Waals surface area contributed by atoms with Crippen molar-refractivity contribution >= 4 is 10.8 Å². The lowest BCUT2D eigenvalue weighted by molar-refractivity contribution is -0.0546. The molecule has 0 aliphatic rings. The summed E-state index contributed by atoms with van der Waals surface area (Å²) in [4.78, 5) is 0. The van der Waals surface area contributed by atoms with Crippen molar-refractivity contribution in [1.29, 1.82) is 0 Å². The monoisotopic (exact) mass is 502 g/mol. The van der Waals surface area contributed by atoms with E-state index in [4.69, 9.17) is 4.74 Å². The second-order valence-corrected chi connectivity index (χ2v) is 7.98. The molecule has 0 N–H and O–H groups in total. The molecule has 2 nitrogen and oxygen atoms in total. The van der Waals surface area contributed by atoms with E-state index in [1.807, 2.05) is 0 Å². The first-order valence-corrected chi connectivity index (χ1v) is 10.9. The first-order valence-electron chi connectivity index (χ1n) is 10.9. The summed E-state index contributed by atoms with van der Waals surface area (Å²) in [5.74, 6) is -4.31. The summed E-state index contributed by atoms with van der Waals surface area (Å²) in [6, 6.07) is 14.3. The predicted molar refractivity (Wildman–Crippen MR) is 125 cm³/mol. The Kier molecular flexibility index (Phi) is 7.52. The van der Waals surface area contributed by atoms with Crippen LogP contribution in [0.15, 0.2) is 73.3 Å². The second kappa shape index (κ2) is 10.8. The summed E-state index contributed by atoms with van der Waals surface area (Å²) in [6.45, 7) is 0.431. The van der Waals surface area contributed by atoms with Crippen LogP contribution in [-0.2, 0) is 12.8 Å². The first kappa shape index (κ1) is 25.2. The van der Waals surface area contributed by atoms with Crippen molar-refractivity contribution in [1.82, 2.24) is 0 Å². The fourth-order valence-electron chi connectivity index (χ4n) is 3.91. The van der Waals surface area contributed by atoms with Crippen LogP contribution in [0.25, 0.3) is 21.9 Å². The topological polar surface area (TPSA) is 18.5 Å². The Hall–Kier alpha value is -3.94. The van der Waals surface area contributed by atoms with Crippen molar-refractivity contribution in [3.8, 4) is 22.6 Å². The fourth-order valence-corrected chi connectivity index (χ4v) is 3.91. The molecule has 0 aliphatic heterocycles. The lowest BCUT2D eigenvalue weighted by Gasteiger charge is -2.11. The molecule has 4 aromatic rings. The molecular formula is C28H20F6O2. The van der Waals surface area contributed by atoms with Crippen LogP contribution in [0.5, 0.6) is 11.5 Å². The average Bonchev–Trinajstić information content (AvgIpc) is 2.84. The number of benzene rings is 4. The summed E-state index contributed by atoms with van der Waals surface area (Å²) in [6.07, 6.45) is 1.73. The molecule has 0 heterocycles. The van der Waals surface area contributed by atoms with E-state index in [2.05, 4.69) is 11.3 Å². The summed E-state index contributed by atoms with van der Waals surface area (Å²) in [5.41, 5.74) is 1.35. The molecule has 186 valence electrons. The van der Waals surface area contributed by atoms with Crippen LogP contribution in [0.3, 0.4) is 0 Å². The third-order valence-electron chi connectivity index (χ3n) is 5.60. The number of alkyl halides is 2. The molecule has 0 amide bonds. The zero-order valence-electron chi connectivity index (χ0n) is 18.8. The first-order chi connectivity index (χ1) is 17.3. The Morgan fingerprint density at radius 2 is 1.56 bits per heavy atom. The highest BCUT2D eigenvalue weighted by atomic mass is 19.3. The molecule has 0 aromatic heterocycles. The van der Waals surface area contributed by atoms with E-state index in [1.54, 1.807) is 48.5 Å². The van der Waals surface area contributed by atoms with Gasteiger partial charge in [0.1, 0.15) is 24.0 Å². The summed E-state index contributed by atoms with van der Waals surface area (Å²) < 4.78 is 91.5. The minimum atomic E-state index is -3.36.